The van der Waals surface area contributed by atoms with E-state index in [1.807, 2.05) is 0 Å². The van der Waals surface area contributed by atoms with Crippen LogP contribution in [0.1, 0.15) is 33.1 Å². The largest absolute Gasteiger partial charge is 0.407 e. The normalized spacial score (nSPS) is 13.0. The van der Waals surface area contributed by atoms with Crippen molar-refractivity contribution in [2.45, 2.75) is 45.8 Å². The first kappa shape index (κ1) is 13.9. The molecule has 6 nitrogen and oxygen atoms in total. The molecule has 0 spiro atoms. The summed E-state index contributed by atoms with van der Waals surface area (Å²) in [5.41, 5.74) is 0. The molecule has 0 amide bonds. The van der Waals surface area contributed by atoms with Crippen molar-refractivity contribution in [3.05, 3.63) is 5.89 Å². The monoisotopic (exact) mass is 242 g/mol. The van der Waals surface area contributed by atoms with Gasteiger partial charge in [0.1, 0.15) is 0 Å². The highest BCUT2D eigenvalue weighted by Crippen LogP contribution is 2.08. The summed E-state index contributed by atoms with van der Waals surface area (Å²) < 4.78 is 10.5. The quantitative estimate of drug-likeness (QED) is 0.718. The van der Waals surface area contributed by atoms with Gasteiger partial charge in [-0.15, -0.1) is 5.10 Å². The fraction of sp³-hybridized carbons (Fsp3) is 0.818. The third kappa shape index (κ3) is 5.65. The first-order valence-corrected chi connectivity index (χ1v) is 5.93. The number of rotatable bonds is 8. The number of hydrogen-bond donors (Lipinski definition) is 2. The maximum Gasteiger partial charge on any atom is 0.315 e. The number of aromatic nitrogens is 2. The molecule has 0 aliphatic rings. The maximum absolute atomic E-state index is 5.45. The second-order valence-corrected chi connectivity index (χ2v) is 4.36. The third-order valence-corrected chi connectivity index (χ3v) is 2.25. The lowest BCUT2D eigenvalue weighted by Crippen LogP contribution is -2.21. The Hall–Kier alpha value is -1.14. The Balaban J connectivity index is 2.34. The van der Waals surface area contributed by atoms with E-state index in [-0.39, 0.29) is 6.04 Å². The van der Waals surface area contributed by atoms with Gasteiger partial charge in [0, 0.05) is 25.8 Å². The Kier molecular flexibility index (Phi) is 5.93. The Morgan fingerprint density at radius 3 is 2.71 bits per heavy atom. The van der Waals surface area contributed by atoms with Crippen LogP contribution in [0, 0.1) is 0 Å². The molecule has 6 heteroatoms. The summed E-state index contributed by atoms with van der Waals surface area (Å²) in [7, 11) is 1.69. The Bertz CT molecular complexity index is 314. The number of nitrogens with one attached hydrogen (secondary N) is 2. The summed E-state index contributed by atoms with van der Waals surface area (Å²) in [6, 6.07) is 1.12. The lowest BCUT2D eigenvalue weighted by Gasteiger charge is -2.10. The van der Waals surface area contributed by atoms with E-state index in [9.17, 15) is 0 Å². The summed E-state index contributed by atoms with van der Waals surface area (Å²) >= 11 is 0. The summed E-state index contributed by atoms with van der Waals surface area (Å²) in [5, 5.41) is 14.2. The van der Waals surface area contributed by atoms with E-state index in [1.54, 1.807) is 7.11 Å². The fourth-order valence-corrected chi connectivity index (χ4v) is 1.25. The van der Waals surface area contributed by atoms with Crippen molar-refractivity contribution in [2.75, 3.05) is 19.0 Å². The van der Waals surface area contributed by atoms with Gasteiger partial charge in [-0.2, -0.15) is 0 Å². The highest BCUT2D eigenvalue weighted by molar-refractivity contribution is 5.18. The second kappa shape index (κ2) is 7.24. The molecule has 1 rings (SSSR count). The molecule has 0 fully saturated rings. The minimum atomic E-state index is 0.251. The average molecular weight is 242 g/mol. The molecular formula is C11H22N4O2. The van der Waals surface area contributed by atoms with Crippen molar-refractivity contribution in [3.63, 3.8) is 0 Å². The third-order valence-electron chi connectivity index (χ3n) is 2.25. The number of ether oxygens (including phenoxy) is 1. The molecule has 0 saturated carbocycles. The molecule has 17 heavy (non-hydrogen) atoms. The lowest BCUT2D eigenvalue weighted by molar-refractivity contribution is 0.191. The predicted octanol–water partition coefficient (Wildman–Crippen LogP) is 1.40. The number of nitrogens with zero attached hydrogens (tertiary/aromatic N) is 2. The van der Waals surface area contributed by atoms with Gasteiger partial charge in [0.05, 0.1) is 6.54 Å². The summed E-state index contributed by atoms with van der Waals surface area (Å²) in [4.78, 5) is 0. The van der Waals surface area contributed by atoms with Crippen molar-refractivity contribution < 1.29 is 9.15 Å². The zero-order chi connectivity index (χ0) is 12.7. The van der Waals surface area contributed by atoms with Crippen LogP contribution in [0.4, 0.5) is 6.01 Å². The molecule has 2 N–H and O–H groups in total. The number of anilines is 1. The molecule has 1 atom stereocenters. The Morgan fingerprint density at radius 1 is 1.29 bits per heavy atom. The van der Waals surface area contributed by atoms with Crippen LogP contribution in [-0.4, -0.2) is 36.0 Å². The molecule has 1 unspecified atom stereocenters. The molecule has 98 valence electrons. The van der Waals surface area contributed by atoms with Crippen LogP contribution >= 0.6 is 0 Å². The molecular weight excluding hydrogens is 220 g/mol. The van der Waals surface area contributed by atoms with Gasteiger partial charge < -0.3 is 19.8 Å². The Labute approximate surface area is 102 Å². The van der Waals surface area contributed by atoms with E-state index in [4.69, 9.17) is 9.15 Å². The van der Waals surface area contributed by atoms with Gasteiger partial charge in [0.25, 0.3) is 0 Å². The van der Waals surface area contributed by atoms with Crippen molar-refractivity contribution in [1.29, 1.82) is 0 Å². The minimum Gasteiger partial charge on any atom is -0.407 e. The standard InChI is InChI=1S/C11H22N4O2/c1-8(2)12-7-10-14-15-11(17-10)13-9(3)5-6-16-4/h8-9,12H,5-7H2,1-4H3,(H,13,15). The molecule has 1 heterocycles. The lowest BCUT2D eigenvalue weighted by atomic mass is 10.2. The molecule has 1 aromatic rings. The minimum absolute atomic E-state index is 0.251. The first-order valence-electron chi connectivity index (χ1n) is 5.93. The van der Waals surface area contributed by atoms with Crippen LogP contribution in [0.15, 0.2) is 4.42 Å². The molecule has 0 bridgehead atoms. The smallest absolute Gasteiger partial charge is 0.315 e. The van der Waals surface area contributed by atoms with E-state index in [0.29, 0.717) is 31.1 Å². The second-order valence-electron chi connectivity index (χ2n) is 4.36. The summed E-state index contributed by atoms with van der Waals surface area (Å²) in [6.07, 6.45) is 0.901. The topological polar surface area (TPSA) is 72.2 Å². The maximum atomic E-state index is 5.45. The van der Waals surface area contributed by atoms with Crippen molar-refractivity contribution >= 4 is 6.01 Å². The molecule has 0 aromatic carbocycles. The number of hydrogen-bond acceptors (Lipinski definition) is 6. The van der Waals surface area contributed by atoms with Gasteiger partial charge in [0.2, 0.25) is 5.89 Å². The molecule has 0 radical (unpaired) electrons. The van der Waals surface area contributed by atoms with Crippen molar-refractivity contribution in [3.8, 4) is 0 Å². The fourth-order valence-electron chi connectivity index (χ4n) is 1.25. The van der Waals surface area contributed by atoms with Crippen LogP contribution in [0.25, 0.3) is 0 Å². The van der Waals surface area contributed by atoms with Crippen molar-refractivity contribution in [2.24, 2.45) is 0 Å². The predicted molar refractivity (Wildman–Crippen MR) is 65.9 cm³/mol. The highest BCUT2D eigenvalue weighted by atomic mass is 16.5. The van der Waals surface area contributed by atoms with Crippen molar-refractivity contribution in [1.82, 2.24) is 15.5 Å². The zero-order valence-corrected chi connectivity index (χ0v) is 11.0. The zero-order valence-electron chi connectivity index (χ0n) is 11.0. The summed E-state index contributed by atoms with van der Waals surface area (Å²) in [5.74, 6) is 0.597. The van der Waals surface area contributed by atoms with Crippen LogP contribution in [-0.2, 0) is 11.3 Å². The van der Waals surface area contributed by atoms with Crippen LogP contribution in [0.3, 0.4) is 0 Å². The molecule has 0 aliphatic carbocycles. The van der Waals surface area contributed by atoms with Gasteiger partial charge in [-0.3, -0.25) is 0 Å². The van der Waals surface area contributed by atoms with E-state index in [0.717, 1.165) is 6.42 Å². The average Bonchev–Trinajstić information content (AvgIpc) is 2.71. The van der Waals surface area contributed by atoms with Crippen LogP contribution in [0.2, 0.25) is 0 Å². The van der Waals surface area contributed by atoms with E-state index in [2.05, 4.69) is 41.6 Å². The van der Waals surface area contributed by atoms with Crippen LogP contribution < -0.4 is 10.6 Å². The molecule has 0 saturated heterocycles. The van der Waals surface area contributed by atoms with E-state index in [1.165, 1.54) is 0 Å². The van der Waals surface area contributed by atoms with E-state index >= 15 is 0 Å². The van der Waals surface area contributed by atoms with Gasteiger partial charge in [-0.1, -0.05) is 18.9 Å². The van der Waals surface area contributed by atoms with E-state index < -0.39 is 0 Å². The van der Waals surface area contributed by atoms with Gasteiger partial charge in [0.15, 0.2) is 0 Å². The first-order chi connectivity index (χ1) is 8.11. The van der Waals surface area contributed by atoms with Gasteiger partial charge >= 0.3 is 6.01 Å². The SMILES string of the molecule is COCCC(C)Nc1nnc(CNC(C)C)o1. The van der Waals surface area contributed by atoms with Gasteiger partial charge in [-0.05, 0) is 13.3 Å². The summed E-state index contributed by atoms with van der Waals surface area (Å²) in [6.45, 7) is 7.50. The van der Waals surface area contributed by atoms with Gasteiger partial charge in [-0.25, -0.2) is 0 Å². The number of methoxy groups -OCH3 is 1. The van der Waals surface area contributed by atoms with Crippen LogP contribution in [0.5, 0.6) is 0 Å². The highest BCUT2D eigenvalue weighted by Gasteiger charge is 2.09. The molecule has 1 aromatic heterocycles. The Morgan fingerprint density at radius 2 is 2.06 bits per heavy atom. The molecule has 0 aliphatic heterocycles.